The van der Waals surface area contributed by atoms with Crippen LogP contribution in [-0.2, 0) is 9.59 Å². The highest BCUT2D eigenvalue weighted by atomic mass is 32.2. The molecule has 1 fully saturated rings. The minimum Gasteiger partial charge on any atom is -0.454 e. The van der Waals surface area contributed by atoms with Crippen LogP contribution in [0.25, 0.3) is 0 Å². The highest BCUT2D eigenvalue weighted by Gasteiger charge is 2.34. The number of amidine groups is 1. The first-order valence-corrected chi connectivity index (χ1v) is 9.35. The highest BCUT2D eigenvalue weighted by molar-refractivity contribution is 8.15. The van der Waals surface area contributed by atoms with Gasteiger partial charge in [-0.15, -0.1) is 0 Å². The molecule has 0 unspecified atom stereocenters. The number of thioether (sulfide) groups is 1. The topological polar surface area (TPSA) is 80.2 Å². The fraction of sp³-hybridized carbons (Fsp3) is 0.211. The number of fused-ring (bicyclic) bond motifs is 1. The Morgan fingerprint density at radius 2 is 1.96 bits per heavy atom. The number of carbonyl (C=O) groups excluding carboxylic acids is 2. The third-order valence-electron chi connectivity index (χ3n) is 4.25. The van der Waals surface area contributed by atoms with Crippen molar-refractivity contribution in [3.05, 3.63) is 48.3 Å². The van der Waals surface area contributed by atoms with Crippen molar-refractivity contribution in [3.8, 4) is 11.5 Å². The van der Waals surface area contributed by atoms with E-state index in [0.717, 1.165) is 0 Å². The zero-order valence-corrected chi connectivity index (χ0v) is 15.7. The summed E-state index contributed by atoms with van der Waals surface area (Å²) in [5.74, 6) is 0.289. The standard InChI is InChI=1S/C19H16FN3O4S/c1-23-17(24)9-16(18(25)21-12-4-2-11(20)3-5-12)28-19(23)22-13-6-7-14-15(8-13)27-10-26-14/h2-8,16H,9-10H2,1H3,(H,21,25)/t16-/m1/s1. The van der Waals surface area contributed by atoms with E-state index in [1.165, 1.54) is 40.9 Å². The van der Waals surface area contributed by atoms with Crippen LogP contribution in [0.4, 0.5) is 15.8 Å². The maximum Gasteiger partial charge on any atom is 0.238 e. The van der Waals surface area contributed by atoms with Crippen LogP contribution in [0.3, 0.4) is 0 Å². The van der Waals surface area contributed by atoms with Crippen LogP contribution >= 0.6 is 11.8 Å². The van der Waals surface area contributed by atoms with Crippen molar-refractivity contribution in [2.24, 2.45) is 4.99 Å². The molecule has 28 heavy (non-hydrogen) atoms. The fourth-order valence-electron chi connectivity index (χ4n) is 2.72. The minimum atomic E-state index is -0.637. The van der Waals surface area contributed by atoms with Crippen LogP contribution in [0.1, 0.15) is 6.42 Å². The predicted molar refractivity (Wildman–Crippen MR) is 103 cm³/mol. The van der Waals surface area contributed by atoms with Gasteiger partial charge in [-0.05, 0) is 36.4 Å². The second kappa shape index (κ2) is 7.51. The molecule has 2 heterocycles. The van der Waals surface area contributed by atoms with Crippen molar-refractivity contribution in [1.29, 1.82) is 0 Å². The lowest BCUT2D eigenvalue weighted by atomic mass is 10.2. The molecule has 1 N–H and O–H groups in total. The lowest BCUT2D eigenvalue weighted by molar-refractivity contribution is -0.128. The third-order valence-corrected chi connectivity index (χ3v) is 5.50. The van der Waals surface area contributed by atoms with Gasteiger partial charge in [-0.1, -0.05) is 11.8 Å². The summed E-state index contributed by atoms with van der Waals surface area (Å²) in [6.45, 7) is 0.161. The van der Waals surface area contributed by atoms with E-state index in [4.69, 9.17) is 9.47 Å². The molecule has 0 radical (unpaired) electrons. The van der Waals surface area contributed by atoms with Gasteiger partial charge in [0.25, 0.3) is 0 Å². The van der Waals surface area contributed by atoms with Gasteiger partial charge in [-0.25, -0.2) is 9.38 Å². The van der Waals surface area contributed by atoms with Gasteiger partial charge in [0, 0.05) is 25.2 Å². The summed E-state index contributed by atoms with van der Waals surface area (Å²) in [4.78, 5) is 30.8. The molecule has 0 aliphatic carbocycles. The van der Waals surface area contributed by atoms with Crippen LogP contribution < -0.4 is 14.8 Å². The summed E-state index contributed by atoms with van der Waals surface area (Å²) in [5.41, 5.74) is 1.05. The molecule has 2 aromatic carbocycles. The largest absolute Gasteiger partial charge is 0.454 e. The lowest BCUT2D eigenvalue weighted by Crippen LogP contribution is -2.43. The summed E-state index contributed by atoms with van der Waals surface area (Å²) in [7, 11) is 1.62. The zero-order valence-electron chi connectivity index (χ0n) is 14.8. The maximum atomic E-state index is 13.0. The van der Waals surface area contributed by atoms with E-state index in [1.807, 2.05) is 0 Å². The first-order valence-electron chi connectivity index (χ1n) is 8.47. The predicted octanol–water partition coefficient (Wildman–Crippen LogP) is 3.14. The number of nitrogens with zero attached hydrogens (tertiary/aromatic N) is 2. The molecular weight excluding hydrogens is 385 g/mol. The monoisotopic (exact) mass is 401 g/mol. The van der Waals surface area contributed by atoms with Gasteiger partial charge in [-0.2, -0.15) is 0 Å². The van der Waals surface area contributed by atoms with Gasteiger partial charge in [-0.3, -0.25) is 14.5 Å². The number of ether oxygens (including phenoxy) is 2. The van der Waals surface area contributed by atoms with Crippen molar-refractivity contribution in [1.82, 2.24) is 4.90 Å². The minimum absolute atomic E-state index is 0.0500. The zero-order chi connectivity index (χ0) is 19.7. The molecule has 2 aliphatic rings. The van der Waals surface area contributed by atoms with E-state index in [-0.39, 0.29) is 30.8 Å². The number of rotatable bonds is 3. The molecule has 144 valence electrons. The van der Waals surface area contributed by atoms with Gasteiger partial charge in [0.1, 0.15) is 11.1 Å². The normalized spacial score (nSPS) is 19.8. The molecule has 0 bridgehead atoms. The first kappa shape index (κ1) is 18.3. The molecule has 4 rings (SSSR count). The van der Waals surface area contributed by atoms with E-state index >= 15 is 0 Å². The molecular formula is C19H16FN3O4S. The number of hydrogen-bond donors (Lipinski definition) is 1. The quantitative estimate of drug-likeness (QED) is 0.855. The Balaban J connectivity index is 1.52. The van der Waals surface area contributed by atoms with Gasteiger partial charge in [0.15, 0.2) is 16.7 Å². The summed E-state index contributed by atoms with van der Waals surface area (Å²) < 4.78 is 23.6. The van der Waals surface area contributed by atoms with Crippen molar-refractivity contribution < 1.29 is 23.5 Å². The van der Waals surface area contributed by atoms with Gasteiger partial charge >= 0.3 is 0 Å². The molecule has 7 nitrogen and oxygen atoms in total. The Kier molecular flexibility index (Phi) is 4.91. The van der Waals surface area contributed by atoms with Gasteiger partial charge in [0.2, 0.25) is 18.6 Å². The van der Waals surface area contributed by atoms with E-state index < -0.39 is 5.25 Å². The second-order valence-corrected chi connectivity index (χ2v) is 7.36. The SMILES string of the molecule is CN1C(=O)C[C@H](C(=O)Nc2ccc(F)cc2)SC1=Nc1ccc2c(c1)OCO2. The Bertz CT molecular complexity index is 964. The number of hydrogen-bond acceptors (Lipinski definition) is 6. The Labute approximate surface area is 164 Å². The summed E-state index contributed by atoms with van der Waals surface area (Å²) in [6.07, 6.45) is 0.0500. The summed E-state index contributed by atoms with van der Waals surface area (Å²) in [6, 6.07) is 10.7. The molecule has 2 amide bonds. The van der Waals surface area contributed by atoms with Gasteiger partial charge in [0.05, 0.1) is 5.69 Å². The molecule has 2 aliphatic heterocycles. The van der Waals surface area contributed by atoms with Crippen LogP contribution in [0.5, 0.6) is 11.5 Å². The van der Waals surface area contributed by atoms with Crippen molar-refractivity contribution in [3.63, 3.8) is 0 Å². The summed E-state index contributed by atoms with van der Waals surface area (Å²) in [5, 5.41) is 2.48. The number of halogens is 1. The third kappa shape index (κ3) is 3.79. The van der Waals surface area contributed by atoms with Crippen LogP contribution in [0.15, 0.2) is 47.5 Å². The molecule has 1 saturated heterocycles. The van der Waals surface area contributed by atoms with Crippen molar-refractivity contribution in [2.45, 2.75) is 11.7 Å². The van der Waals surface area contributed by atoms with Gasteiger partial charge < -0.3 is 14.8 Å². The number of benzene rings is 2. The first-order chi connectivity index (χ1) is 13.5. The molecule has 9 heteroatoms. The van der Waals surface area contributed by atoms with E-state index in [1.54, 1.807) is 25.2 Å². The summed E-state index contributed by atoms with van der Waals surface area (Å²) >= 11 is 1.20. The maximum absolute atomic E-state index is 13.0. The number of carbonyl (C=O) groups is 2. The Morgan fingerprint density at radius 1 is 1.21 bits per heavy atom. The van der Waals surface area contributed by atoms with Crippen LogP contribution in [0, 0.1) is 5.82 Å². The smallest absolute Gasteiger partial charge is 0.238 e. The fourth-order valence-corrected chi connectivity index (χ4v) is 3.78. The second-order valence-electron chi connectivity index (χ2n) is 6.19. The number of nitrogens with one attached hydrogen (secondary N) is 1. The number of amides is 2. The number of anilines is 1. The molecule has 0 spiro atoms. The van der Waals surface area contributed by atoms with E-state index in [0.29, 0.717) is 28.0 Å². The molecule has 0 aromatic heterocycles. The van der Waals surface area contributed by atoms with Crippen LogP contribution in [0.2, 0.25) is 0 Å². The molecule has 0 saturated carbocycles. The average Bonchev–Trinajstić information content (AvgIpc) is 3.15. The molecule has 2 aromatic rings. The number of aliphatic imine (C=N–C) groups is 1. The van der Waals surface area contributed by atoms with Crippen molar-refractivity contribution >= 4 is 40.1 Å². The Hall–Kier alpha value is -3.07. The lowest BCUT2D eigenvalue weighted by Gasteiger charge is -2.28. The van der Waals surface area contributed by atoms with E-state index in [2.05, 4.69) is 10.3 Å². The molecule has 1 atom stereocenters. The average molecular weight is 401 g/mol. The van der Waals surface area contributed by atoms with Crippen LogP contribution in [-0.4, -0.2) is 41.0 Å². The van der Waals surface area contributed by atoms with E-state index in [9.17, 15) is 14.0 Å². The highest BCUT2D eigenvalue weighted by Crippen LogP contribution is 2.36. The Morgan fingerprint density at radius 3 is 2.75 bits per heavy atom. The van der Waals surface area contributed by atoms with Crippen molar-refractivity contribution in [2.75, 3.05) is 19.2 Å².